The molecule has 0 amide bonds. The summed E-state index contributed by atoms with van der Waals surface area (Å²) in [5, 5.41) is 3.98. The van der Waals surface area contributed by atoms with Crippen LogP contribution in [0.15, 0.2) is 42.5 Å². The number of hydrogen-bond acceptors (Lipinski definition) is 1. The van der Waals surface area contributed by atoms with Gasteiger partial charge in [-0.1, -0.05) is 29.8 Å². The molecule has 3 heteroatoms. The second-order valence-electron chi connectivity index (χ2n) is 3.90. The molecule has 0 aromatic heterocycles. The van der Waals surface area contributed by atoms with Crippen molar-refractivity contribution in [1.29, 1.82) is 0 Å². The molecule has 0 radical (unpaired) electrons. The number of nitrogens with one attached hydrogen (secondary N) is 1. The first-order valence-corrected chi connectivity index (χ1v) is 5.78. The number of aryl methyl sites for hydroxylation is 1. The molecule has 2 rings (SSSR count). The summed E-state index contributed by atoms with van der Waals surface area (Å²) in [7, 11) is 0. The molecule has 17 heavy (non-hydrogen) atoms. The maximum atomic E-state index is 12.9. The van der Waals surface area contributed by atoms with Crippen molar-refractivity contribution in [2.24, 2.45) is 0 Å². The molecule has 2 aromatic rings. The lowest BCUT2D eigenvalue weighted by Crippen LogP contribution is -2.01. The third kappa shape index (κ3) is 2.98. The number of anilines is 1. The normalized spacial score (nSPS) is 10.3. The first-order valence-electron chi connectivity index (χ1n) is 5.40. The van der Waals surface area contributed by atoms with Gasteiger partial charge in [-0.05, 0) is 42.3 Å². The van der Waals surface area contributed by atoms with Crippen LogP contribution in [0.4, 0.5) is 10.1 Å². The predicted octanol–water partition coefficient (Wildman–Crippen LogP) is 4.40. The fourth-order valence-corrected chi connectivity index (χ4v) is 1.86. The van der Waals surface area contributed by atoms with E-state index in [2.05, 4.69) is 5.32 Å². The minimum atomic E-state index is -0.217. The van der Waals surface area contributed by atoms with Crippen LogP contribution in [-0.4, -0.2) is 0 Å². The summed E-state index contributed by atoms with van der Waals surface area (Å²) in [5.41, 5.74) is 2.83. The highest BCUT2D eigenvalue weighted by atomic mass is 35.5. The van der Waals surface area contributed by atoms with Gasteiger partial charge in [0.1, 0.15) is 5.82 Å². The number of rotatable bonds is 3. The molecule has 0 aliphatic rings. The zero-order chi connectivity index (χ0) is 12.3. The minimum absolute atomic E-state index is 0.217. The van der Waals surface area contributed by atoms with Crippen LogP contribution in [0.5, 0.6) is 0 Å². The van der Waals surface area contributed by atoms with Gasteiger partial charge in [-0.3, -0.25) is 0 Å². The molecule has 0 spiro atoms. The fraction of sp³-hybridized carbons (Fsp3) is 0.143. The first-order chi connectivity index (χ1) is 8.16. The molecule has 0 saturated carbocycles. The topological polar surface area (TPSA) is 12.0 Å². The van der Waals surface area contributed by atoms with Gasteiger partial charge in [0.05, 0.1) is 0 Å². The molecule has 1 N–H and O–H groups in total. The zero-order valence-electron chi connectivity index (χ0n) is 9.50. The first kappa shape index (κ1) is 11.9. The molecule has 0 aliphatic heterocycles. The Morgan fingerprint density at radius 3 is 2.65 bits per heavy atom. The second-order valence-corrected chi connectivity index (χ2v) is 4.31. The Balaban J connectivity index is 2.10. The fourth-order valence-electron chi connectivity index (χ4n) is 1.66. The molecule has 1 nitrogen and oxygen atoms in total. The summed E-state index contributed by atoms with van der Waals surface area (Å²) in [6.07, 6.45) is 0. The van der Waals surface area contributed by atoms with Gasteiger partial charge in [-0.25, -0.2) is 4.39 Å². The molecule has 88 valence electrons. The summed E-state index contributed by atoms with van der Waals surface area (Å²) in [6, 6.07) is 12.4. The van der Waals surface area contributed by atoms with Crippen LogP contribution in [0.3, 0.4) is 0 Å². The number of halogens is 2. The third-order valence-electron chi connectivity index (χ3n) is 2.62. The van der Waals surface area contributed by atoms with Crippen molar-refractivity contribution >= 4 is 17.3 Å². The molecule has 0 saturated heterocycles. The van der Waals surface area contributed by atoms with E-state index in [9.17, 15) is 4.39 Å². The Kier molecular flexibility index (Phi) is 3.64. The summed E-state index contributed by atoms with van der Waals surface area (Å²) in [6.45, 7) is 2.50. The van der Waals surface area contributed by atoms with Gasteiger partial charge < -0.3 is 5.32 Å². The van der Waals surface area contributed by atoms with Crippen molar-refractivity contribution in [1.82, 2.24) is 0 Å². The Labute approximate surface area is 105 Å². The molecule has 0 fully saturated rings. The standard InChI is InChI=1S/C14H13ClFN/c1-10-8-12(16)6-7-14(10)17-9-11-4-2-3-5-13(11)15/h2-8,17H,9H2,1H3. The summed E-state index contributed by atoms with van der Waals surface area (Å²) >= 11 is 6.06. The lowest BCUT2D eigenvalue weighted by Gasteiger charge is -2.10. The van der Waals surface area contributed by atoms with Crippen LogP contribution in [0.25, 0.3) is 0 Å². The zero-order valence-corrected chi connectivity index (χ0v) is 10.3. The Bertz CT molecular complexity index is 525. The molecule has 0 heterocycles. The molecule has 2 aromatic carbocycles. The molecular formula is C14H13ClFN. The SMILES string of the molecule is Cc1cc(F)ccc1NCc1ccccc1Cl. The molecular weight excluding hydrogens is 237 g/mol. The highest BCUT2D eigenvalue weighted by Gasteiger charge is 2.01. The van der Waals surface area contributed by atoms with Gasteiger partial charge in [0.15, 0.2) is 0 Å². The van der Waals surface area contributed by atoms with Crippen LogP contribution >= 0.6 is 11.6 Å². The summed E-state index contributed by atoms with van der Waals surface area (Å²) < 4.78 is 12.9. The predicted molar refractivity (Wildman–Crippen MR) is 69.9 cm³/mol. The molecule has 0 bridgehead atoms. The van der Waals surface area contributed by atoms with Crippen LogP contribution in [0.2, 0.25) is 5.02 Å². The number of hydrogen-bond donors (Lipinski definition) is 1. The van der Waals surface area contributed by atoms with E-state index in [-0.39, 0.29) is 5.82 Å². The Morgan fingerprint density at radius 1 is 1.18 bits per heavy atom. The molecule has 0 aliphatic carbocycles. The van der Waals surface area contributed by atoms with E-state index in [4.69, 9.17) is 11.6 Å². The average Bonchev–Trinajstić information content (AvgIpc) is 2.30. The van der Waals surface area contributed by atoms with Crippen molar-refractivity contribution in [3.05, 3.63) is 64.4 Å². The largest absolute Gasteiger partial charge is 0.381 e. The average molecular weight is 250 g/mol. The highest BCUT2D eigenvalue weighted by molar-refractivity contribution is 6.31. The van der Waals surface area contributed by atoms with Gasteiger partial charge in [-0.15, -0.1) is 0 Å². The second kappa shape index (κ2) is 5.19. The number of benzene rings is 2. The van der Waals surface area contributed by atoms with Crippen molar-refractivity contribution in [2.75, 3.05) is 5.32 Å². The molecule has 0 unspecified atom stereocenters. The Morgan fingerprint density at radius 2 is 1.94 bits per heavy atom. The van der Waals surface area contributed by atoms with Gasteiger partial charge in [0, 0.05) is 17.3 Å². The van der Waals surface area contributed by atoms with E-state index in [1.54, 1.807) is 6.07 Å². The van der Waals surface area contributed by atoms with E-state index >= 15 is 0 Å². The maximum Gasteiger partial charge on any atom is 0.123 e. The van der Waals surface area contributed by atoms with Gasteiger partial charge in [0.2, 0.25) is 0 Å². The lowest BCUT2D eigenvalue weighted by molar-refractivity contribution is 0.627. The van der Waals surface area contributed by atoms with Crippen LogP contribution < -0.4 is 5.32 Å². The third-order valence-corrected chi connectivity index (χ3v) is 2.98. The smallest absolute Gasteiger partial charge is 0.123 e. The van der Waals surface area contributed by atoms with E-state index < -0.39 is 0 Å². The summed E-state index contributed by atoms with van der Waals surface area (Å²) in [5.74, 6) is -0.217. The van der Waals surface area contributed by atoms with Gasteiger partial charge in [-0.2, -0.15) is 0 Å². The van der Waals surface area contributed by atoms with Crippen molar-refractivity contribution in [3.63, 3.8) is 0 Å². The minimum Gasteiger partial charge on any atom is -0.381 e. The van der Waals surface area contributed by atoms with E-state index in [0.29, 0.717) is 6.54 Å². The van der Waals surface area contributed by atoms with Crippen LogP contribution in [0.1, 0.15) is 11.1 Å². The molecule has 0 atom stereocenters. The summed E-state index contributed by atoms with van der Waals surface area (Å²) in [4.78, 5) is 0. The highest BCUT2D eigenvalue weighted by Crippen LogP contribution is 2.19. The Hall–Kier alpha value is -1.54. The van der Waals surface area contributed by atoms with Crippen LogP contribution in [-0.2, 0) is 6.54 Å². The van der Waals surface area contributed by atoms with Crippen molar-refractivity contribution in [3.8, 4) is 0 Å². The van der Waals surface area contributed by atoms with Crippen molar-refractivity contribution < 1.29 is 4.39 Å². The van der Waals surface area contributed by atoms with Crippen molar-refractivity contribution in [2.45, 2.75) is 13.5 Å². The van der Waals surface area contributed by atoms with E-state index in [0.717, 1.165) is 21.8 Å². The maximum absolute atomic E-state index is 12.9. The van der Waals surface area contributed by atoms with Crippen LogP contribution in [0, 0.1) is 12.7 Å². The van der Waals surface area contributed by atoms with E-state index in [1.807, 2.05) is 31.2 Å². The van der Waals surface area contributed by atoms with E-state index in [1.165, 1.54) is 12.1 Å². The van der Waals surface area contributed by atoms with Gasteiger partial charge in [0.25, 0.3) is 0 Å². The lowest BCUT2D eigenvalue weighted by atomic mass is 10.1. The monoisotopic (exact) mass is 249 g/mol. The quantitative estimate of drug-likeness (QED) is 0.850. The van der Waals surface area contributed by atoms with Gasteiger partial charge >= 0.3 is 0 Å².